The number of anilines is 1. The van der Waals surface area contributed by atoms with Crippen LogP contribution in [0.5, 0.6) is 0 Å². The van der Waals surface area contributed by atoms with Gasteiger partial charge in [-0.2, -0.15) is 5.10 Å². The number of rotatable bonds is 6. The molecule has 0 saturated carbocycles. The average molecular weight is 520 g/mol. The molecule has 0 aliphatic carbocycles. The smallest absolute Gasteiger partial charge is 0.410 e. The highest BCUT2D eigenvalue weighted by Gasteiger charge is 2.34. The third-order valence-electron chi connectivity index (χ3n) is 6.16. The van der Waals surface area contributed by atoms with E-state index in [1.807, 2.05) is 27.7 Å². The van der Waals surface area contributed by atoms with Crippen molar-refractivity contribution in [2.45, 2.75) is 72.4 Å². The lowest BCUT2D eigenvalue weighted by molar-refractivity contribution is -0.0970. The molecular formula is C26H38FN5O5. The van der Waals surface area contributed by atoms with E-state index in [1.165, 1.54) is 14.2 Å². The van der Waals surface area contributed by atoms with Gasteiger partial charge in [-0.3, -0.25) is 9.58 Å². The van der Waals surface area contributed by atoms with E-state index in [9.17, 15) is 14.0 Å². The normalized spacial score (nSPS) is 15.8. The largest absolute Gasteiger partial charge is 0.444 e. The number of nitrogens with one attached hydrogen (secondary N) is 2. The molecule has 10 nitrogen and oxygen atoms in total. The molecular weight excluding hydrogens is 481 g/mol. The summed E-state index contributed by atoms with van der Waals surface area (Å²) in [6, 6.07) is 2.46. The number of carbonyl (C=O) groups excluding carboxylic acids is 2. The van der Waals surface area contributed by atoms with Gasteiger partial charge in [0.25, 0.3) is 0 Å². The topological polar surface area (TPSA) is 107 Å². The molecule has 0 fully saturated rings. The van der Waals surface area contributed by atoms with E-state index >= 15 is 0 Å². The second-order valence-corrected chi connectivity index (χ2v) is 10.2. The number of hydrogen-bond acceptors (Lipinski definition) is 6. The summed E-state index contributed by atoms with van der Waals surface area (Å²) in [5, 5.41) is 10.5. The molecule has 0 spiro atoms. The molecule has 1 atom stereocenters. The quantitative estimate of drug-likeness (QED) is 0.534. The number of nitrogens with zero attached hydrogens (tertiary/aromatic N) is 3. The Labute approximate surface area is 217 Å². The lowest BCUT2D eigenvalue weighted by Gasteiger charge is -2.30. The van der Waals surface area contributed by atoms with Crippen LogP contribution in [0.3, 0.4) is 0 Å². The molecule has 3 rings (SSSR count). The fourth-order valence-electron chi connectivity index (χ4n) is 4.38. The Hall–Kier alpha value is -3.18. The number of benzene rings is 1. The molecule has 1 unspecified atom stereocenters. The summed E-state index contributed by atoms with van der Waals surface area (Å²) in [4.78, 5) is 27.7. The van der Waals surface area contributed by atoms with Crippen molar-refractivity contribution in [3.05, 3.63) is 34.8 Å². The third kappa shape index (κ3) is 6.58. The maximum atomic E-state index is 14.4. The standard InChI is InChI=1S/C26H38FN5O5/c1-15-12-18(13-16(2)20(15)27)21-22(29-24(33)28-14-19(35-7)36-8)23-17(3)31(10-9-11-32(23)30-21)25(34)37-26(4,5)6/h12-13,17,19H,9-11,14H2,1-8H3,(H2,28,29,33). The van der Waals surface area contributed by atoms with E-state index in [0.29, 0.717) is 53.3 Å². The molecule has 11 heteroatoms. The molecule has 3 amide bonds. The third-order valence-corrected chi connectivity index (χ3v) is 6.16. The second kappa shape index (κ2) is 11.5. The van der Waals surface area contributed by atoms with Crippen molar-refractivity contribution in [3.8, 4) is 11.3 Å². The Kier molecular flexibility index (Phi) is 8.80. The SMILES string of the molecule is COC(CNC(=O)Nc1c(-c2cc(C)c(F)c(C)c2)nn2c1C(C)N(C(=O)OC(C)(C)C)CCC2)OC. The highest BCUT2D eigenvalue weighted by Crippen LogP contribution is 2.39. The van der Waals surface area contributed by atoms with Crippen molar-refractivity contribution < 1.29 is 28.2 Å². The Morgan fingerprint density at radius 1 is 1.16 bits per heavy atom. The van der Waals surface area contributed by atoms with Gasteiger partial charge >= 0.3 is 12.1 Å². The first-order valence-corrected chi connectivity index (χ1v) is 12.3. The van der Waals surface area contributed by atoms with Crippen molar-refractivity contribution in [3.63, 3.8) is 0 Å². The molecule has 0 radical (unpaired) electrons. The van der Waals surface area contributed by atoms with Crippen LogP contribution in [0.25, 0.3) is 11.3 Å². The molecule has 1 aliphatic rings. The van der Waals surface area contributed by atoms with Crippen LogP contribution in [0.1, 0.15) is 57.0 Å². The van der Waals surface area contributed by atoms with Gasteiger partial charge in [-0.1, -0.05) is 0 Å². The Morgan fingerprint density at radius 3 is 2.35 bits per heavy atom. The fraction of sp³-hybridized carbons (Fsp3) is 0.577. The predicted octanol–water partition coefficient (Wildman–Crippen LogP) is 4.75. The van der Waals surface area contributed by atoms with Crippen molar-refractivity contribution in [2.24, 2.45) is 0 Å². The number of carbonyl (C=O) groups is 2. The molecule has 2 heterocycles. The van der Waals surface area contributed by atoms with Crippen LogP contribution in [0, 0.1) is 19.7 Å². The van der Waals surface area contributed by atoms with E-state index in [-0.39, 0.29) is 12.4 Å². The summed E-state index contributed by atoms with van der Waals surface area (Å²) in [6.07, 6.45) is -0.407. The van der Waals surface area contributed by atoms with Gasteiger partial charge in [0, 0.05) is 32.9 Å². The van der Waals surface area contributed by atoms with Gasteiger partial charge in [-0.15, -0.1) is 0 Å². The molecule has 1 aromatic heterocycles. The first-order chi connectivity index (χ1) is 17.4. The van der Waals surface area contributed by atoms with E-state index in [2.05, 4.69) is 10.6 Å². The Bertz CT molecular complexity index is 1120. The number of halogens is 1. The van der Waals surface area contributed by atoms with Gasteiger partial charge in [-0.05, 0) is 71.2 Å². The summed E-state index contributed by atoms with van der Waals surface area (Å²) in [5.41, 5.74) is 2.54. The molecule has 0 saturated heterocycles. The van der Waals surface area contributed by atoms with Gasteiger partial charge in [0.05, 0.1) is 24.0 Å². The Balaban J connectivity index is 2.07. The molecule has 2 aromatic rings. The second-order valence-electron chi connectivity index (χ2n) is 10.2. The highest BCUT2D eigenvalue weighted by molar-refractivity contribution is 5.95. The van der Waals surface area contributed by atoms with Crippen LogP contribution < -0.4 is 10.6 Å². The van der Waals surface area contributed by atoms with Crippen molar-refractivity contribution in [1.82, 2.24) is 20.0 Å². The fourth-order valence-corrected chi connectivity index (χ4v) is 4.38. The predicted molar refractivity (Wildman–Crippen MR) is 138 cm³/mol. The number of methoxy groups -OCH3 is 2. The molecule has 0 bridgehead atoms. The van der Waals surface area contributed by atoms with Gasteiger partial charge in [0.1, 0.15) is 17.1 Å². The number of aromatic nitrogens is 2. The van der Waals surface area contributed by atoms with E-state index in [1.54, 1.807) is 35.6 Å². The minimum Gasteiger partial charge on any atom is -0.444 e. The maximum Gasteiger partial charge on any atom is 0.410 e. The highest BCUT2D eigenvalue weighted by atomic mass is 19.1. The zero-order valence-corrected chi connectivity index (χ0v) is 22.9. The molecule has 204 valence electrons. The van der Waals surface area contributed by atoms with Gasteiger partial charge < -0.3 is 24.8 Å². The number of fused-ring (bicyclic) bond motifs is 1. The monoisotopic (exact) mass is 519 g/mol. The number of urea groups is 1. The van der Waals surface area contributed by atoms with Crippen LogP contribution in [0.15, 0.2) is 12.1 Å². The first-order valence-electron chi connectivity index (χ1n) is 12.3. The number of aryl methyl sites for hydroxylation is 3. The van der Waals surface area contributed by atoms with Gasteiger partial charge in [0.15, 0.2) is 6.29 Å². The first kappa shape index (κ1) is 28.4. The minimum absolute atomic E-state index is 0.117. The number of hydrogen-bond donors (Lipinski definition) is 2. The van der Waals surface area contributed by atoms with E-state index < -0.39 is 30.1 Å². The molecule has 37 heavy (non-hydrogen) atoms. The van der Waals surface area contributed by atoms with Crippen molar-refractivity contribution in [1.29, 1.82) is 0 Å². The van der Waals surface area contributed by atoms with Crippen LogP contribution in [0.4, 0.5) is 19.7 Å². The van der Waals surface area contributed by atoms with E-state index in [4.69, 9.17) is 19.3 Å². The number of ether oxygens (including phenoxy) is 3. The molecule has 1 aliphatic heterocycles. The van der Waals surface area contributed by atoms with Gasteiger partial charge in [0.2, 0.25) is 0 Å². The summed E-state index contributed by atoms with van der Waals surface area (Å²) in [5.74, 6) is -0.286. The average Bonchev–Trinajstić information content (AvgIpc) is 3.07. The van der Waals surface area contributed by atoms with Crippen LogP contribution in [0.2, 0.25) is 0 Å². The summed E-state index contributed by atoms with van der Waals surface area (Å²) in [6.45, 7) is 11.8. The zero-order valence-electron chi connectivity index (χ0n) is 22.9. The molecule has 2 N–H and O–H groups in total. The zero-order chi connectivity index (χ0) is 27.5. The maximum absolute atomic E-state index is 14.4. The van der Waals surface area contributed by atoms with Crippen molar-refractivity contribution >= 4 is 17.8 Å². The molecule has 1 aromatic carbocycles. The van der Waals surface area contributed by atoms with E-state index in [0.717, 1.165) is 0 Å². The van der Waals surface area contributed by atoms with Crippen LogP contribution in [-0.4, -0.2) is 66.0 Å². The van der Waals surface area contributed by atoms with Crippen molar-refractivity contribution in [2.75, 3.05) is 32.6 Å². The summed E-state index contributed by atoms with van der Waals surface area (Å²) in [7, 11) is 2.96. The summed E-state index contributed by atoms with van der Waals surface area (Å²) < 4.78 is 32.2. The lowest BCUT2D eigenvalue weighted by atomic mass is 10.0. The van der Waals surface area contributed by atoms with Crippen LogP contribution >= 0.6 is 0 Å². The number of amides is 3. The van der Waals surface area contributed by atoms with Crippen LogP contribution in [-0.2, 0) is 20.8 Å². The van der Waals surface area contributed by atoms with Gasteiger partial charge in [-0.25, -0.2) is 14.0 Å². The Morgan fingerprint density at radius 2 is 1.78 bits per heavy atom. The lowest BCUT2D eigenvalue weighted by Crippen LogP contribution is -2.39. The summed E-state index contributed by atoms with van der Waals surface area (Å²) >= 11 is 0. The minimum atomic E-state index is -0.655.